The van der Waals surface area contributed by atoms with Crippen molar-refractivity contribution >= 4 is 5.91 Å². The average molecular weight is 229 g/mol. The third-order valence-electron chi connectivity index (χ3n) is 3.36. The van der Waals surface area contributed by atoms with Gasteiger partial charge in [-0.3, -0.25) is 9.69 Å². The van der Waals surface area contributed by atoms with Gasteiger partial charge in [0.2, 0.25) is 5.91 Å². The molecule has 0 rings (SSSR count). The van der Waals surface area contributed by atoms with Crippen molar-refractivity contribution in [1.29, 1.82) is 0 Å². The molecule has 96 valence electrons. The van der Waals surface area contributed by atoms with Gasteiger partial charge in [0.05, 0.1) is 0 Å². The molecular formula is C12H27N3O. The predicted molar refractivity (Wildman–Crippen MR) is 68.2 cm³/mol. The summed E-state index contributed by atoms with van der Waals surface area (Å²) in [7, 11) is 5.61. The van der Waals surface area contributed by atoms with Crippen molar-refractivity contribution < 1.29 is 4.79 Å². The van der Waals surface area contributed by atoms with Gasteiger partial charge >= 0.3 is 0 Å². The Kier molecular flexibility index (Phi) is 6.60. The van der Waals surface area contributed by atoms with E-state index in [0.717, 1.165) is 0 Å². The molecule has 0 spiro atoms. The first kappa shape index (κ1) is 15.4. The number of carbonyl (C=O) groups excluding carboxylic acids is 1. The number of nitrogens with zero attached hydrogens (tertiary/aromatic N) is 2. The van der Waals surface area contributed by atoms with Crippen molar-refractivity contribution in [3.05, 3.63) is 0 Å². The van der Waals surface area contributed by atoms with Crippen LogP contribution >= 0.6 is 0 Å². The molecule has 4 heteroatoms. The second kappa shape index (κ2) is 6.86. The third kappa shape index (κ3) is 4.49. The quantitative estimate of drug-likeness (QED) is 0.732. The fourth-order valence-electron chi connectivity index (χ4n) is 1.58. The standard InChI is InChI=1S/C12H27N3O/c1-9(2)10(3)15(6)11(8-13)7-12(16)14(4)5/h9-11H,7-8,13H2,1-6H3. The largest absolute Gasteiger partial charge is 0.349 e. The maximum absolute atomic E-state index is 11.7. The van der Waals surface area contributed by atoms with Gasteiger partial charge in [-0.15, -0.1) is 0 Å². The lowest BCUT2D eigenvalue weighted by atomic mass is 10.0. The molecule has 0 aromatic carbocycles. The van der Waals surface area contributed by atoms with E-state index < -0.39 is 0 Å². The number of likely N-dealkylation sites (N-methyl/N-ethyl adjacent to an activating group) is 1. The van der Waals surface area contributed by atoms with Gasteiger partial charge in [-0.05, 0) is 19.9 Å². The van der Waals surface area contributed by atoms with Crippen molar-refractivity contribution in [2.24, 2.45) is 11.7 Å². The van der Waals surface area contributed by atoms with Crippen molar-refractivity contribution in [2.75, 3.05) is 27.7 Å². The highest BCUT2D eigenvalue weighted by atomic mass is 16.2. The molecule has 0 radical (unpaired) electrons. The summed E-state index contributed by atoms with van der Waals surface area (Å²) in [6, 6.07) is 0.566. The number of hydrogen-bond acceptors (Lipinski definition) is 3. The van der Waals surface area contributed by atoms with Crippen LogP contribution in [0.15, 0.2) is 0 Å². The predicted octanol–water partition coefficient (Wildman–Crippen LogP) is 0.768. The smallest absolute Gasteiger partial charge is 0.223 e. The van der Waals surface area contributed by atoms with Gasteiger partial charge in [-0.25, -0.2) is 0 Å². The molecule has 2 unspecified atom stereocenters. The summed E-state index contributed by atoms with van der Waals surface area (Å²) in [5.74, 6) is 0.701. The lowest BCUT2D eigenvalue weighted by molar-refractivity contribution is -0.130. The molecule has 16 heavy (non-hydrogen) atoms. The van der Waals surface area contributed by atoms with Gasteiger partial charge in [-0.1, -0.05) is 13.8 Å². The van der Waals surface area contributed by atoms with Gasteiger partial charge in [0, 0.05) is 39.1 Å². The first-order chi connectivity index (χ1) is 7.31. The molecule has 0 aliphatic carbocycles. The van der Waals surface area contributed by atoms with E-state index in [1.165, 1.54) is 0 Å². The van der Waals surface area contributed by atoms with Crippen LogP contribution in [0.25, 0.3) is 0 Å². The number of hydrogen-bond donors (Lipinski definition) is 1. The first-order valence-corrected chi connectivity index (χ1v) is 5.93. The zero-order valence-electron chi connectivity index (χ0n) is 11.5. The minimum Gasteiger partial charge on any atom is -0.349 e. The number of rotatable bonds is 6. The van der Waals surface area contributed by atoms with Crippen LogP contribution in [0.3, 0.4) is 0 Å². The van der Waals surface area contributed by atoms with E-state index in [-0.39, 0.29) is 11.9 Å². The molecule has 2 atom stereocenters. The Morgan fingerprint density at radius 1 is 1.19 bits per heavy atom. The van der Waals surface area contributed by atoms with Crippen LogP contribution < -0.4 is 5.73 Å². The molecule has 0 aliphatic rings. The molecule has 0 aromatic rings. The van der Waals surface area contributed by atoms with Gasteiger partial charge in [0.15, 0.2) is 0 Å². The topological polar surface area (TPSA) is 49.6 Å². The van der Waals surface area contributed by atoms with Crippen LogP contribution in [0.5, 0.6) is 0 Å². The summed E-state index contributed by atoms with van der Waals surface area (Å²) in [5.41, 5.74) is 5.75. The highest BCUT2D eigenvalue weighted by molar-refractivity contribution is 5.76. The summed E-state index contributed by atoms with van der Waals surface area (Å²) in [5, 5.41) is 0. The molecule has 4 nitrogen and oxygen atoms in total. The number of amides is 1. The minimum absolute atomic E-state index is 0.132. The maximum atomic E-state index is 11.7. The van der Waals surface area contributed by atoms with E-state index in [0.29, 0.717) is 24.9 Å². The number of carbonyl (C=O) groups is 1. The third-order valence-corrected chi connectivity index (χ3v) is 3.36. The van der Waals surface area contributed by atoms with Crippen molar-refractivity contribution in [2.45, 2.75) is 39.3 Å². The summed E-state index contributed by atoms with van der Waals surface area (Å²) in [6.07, 6.45) is 0.497. The van der Waals surface area contributed by atoms with Crippen LogP contribution in [0, 0.1) is 5.92 Å². The highest BCUT2D eigenvalue weighted by Crippen LogP contribution is 2.13. The lowest BCUT2D eigenvalue weighted by Crippen LogP contribution is -2.47. The second-order valence-electron chi connectivity index (χ2n) is 5.03. The Labute approximate surface area is 99.8 Å². The fraction of sp³-hybridized carbons (Fsp3) is 0.917. The van der Waals surface area contributed by atoms with Crippen molar-refractivity contribution in [1.82, 2.24) is 9.80 Å². The average Bonchev–Trinajstić information content (AvgIpc) is 2.22. The zero-order valence-corrected chi connectivity index (χ0v) is 11.5. The van der Waals surface area contributed by atoms with E-state index in [9.17, 15) is 4.79 Å². The molecule has 0 aliphatic heterocycles. The summed E-state index contributed by atoms with van der Waals surface area (Å²) in [4.78, 5) is 15.5. The van der Waals surface area contributed by atoms with Gasteiger partial charge in [-0.2, -0.15) is 0 Å². The monoisotopic (exact) mass is 229 g/mol. The highest BCUT2D eigenvalue weighted by Gasteiger charge is 2.23. The van der Waals surface area contributed by atoms with E-state index in [2.05, 4.69) is 25.7 Å². The summed E-state index contributed by atoms with van der Waals surface area (Å²) in [6.45, 7) is 7.06. The molecule has 0 aromatic heterocycles. The molecule has 0 saturated heterocycles. The van der Waals surface area contributed by atoms with Crippen LogP contribution in [-0.4, -0.2) is 55.5 Å². The fourth-order valence-corrected chi connectivity index (χ4v) is 1.58. The Bertz CT molecular complexity index is 216. The Balaban J connectivity index is 4.43. The number of nitrogens with two attached hydrogens (primary N) is 1. The van der Waals surface area contributed by atoms with E-state index in [4.69, 9.17) is 5.73 Å². The molecule has 2 N–H and O–H groups in total. The van der Waals surface area contributed by atoms with Gasteiger partial charge < -0.3 is 10.6 Å². The molecule has 0 fully saturated rings. The van der Waals surface area contributed by atoms with Gasteiger partial charge in [0.1, 0.15) is 0 Å². The molecule has 1 amide bonds. The van der Waals surface area contributed by atoms with Crippen LogP contribution in [0.4, 0.5) is 0 Å². The van der Waals surface area contributed by atoms with Crippen LogP contribution in [-0.2, 0) is 4.79 Å². The molecular weight excluding hydrogens is 202 g/mol. The second-order valence-corrected chi connectivity index (χ2v) is 5.03. The SMILES string of the molecule is CC(C)C(C)N(C)C(CN)CC(=O)N(C)C. The first-order valence-electron chi connectivity index (χ1n) is 5.93. The van der Waals surface area contributed by atoms with Gasteiger partial charge in [0.25, 0.3) is 0 Å². The van der Waals surface area contributed by atoms with Crippen LogP contribution in [0.1, 0.15) is 27.2 Å². The minimum atomic E-state index is 0.132. The summed E-state index contributed by atoms with van der Waals surface area (Å²) < 4.78 is 0. The molecule has 0 saturated carbocycles. The normalized spacial score (nSPS) is 15.3. The Morgan fingerprint density at radius 3 is 2.00 bits per heavy atom. The van der Waals surface area contributed by atoms with E-state index in [1.807, 2.05) is 7.05 Å². The molecule has 0 bridgehead atoms. The summed E-state index contributed by atoms with van der Waals surface area (Å²) >= 11 is 0. The van der Waals surface area contributed by atoms with E-state index in [1.54, 1.807) is 19.0 Å². The molecule has 0 heterocycles. The zero-order chi connectivity index (χ0) is 12.9. The van der Waals surface area contributed by atoms with Crippen molar-refractivity contribution in [3.8, 4) is 0 Å². The van der Waals surface area contributed by atoms with E-state index >= 15 is 0 Å². The maximum Gasteiger partial charge on any atom is 0.223 e. The lowest BCUT2D eigenvalue weighted by Gasteiger charge is -2.34. The Hall–Kier alpha value is -0.610. The van der Waals surface area contributed by atoms with Crippen molar-refractivity contribution in [3.63, 3.8) is 0 Å². The van der Waals surface area contributed by atoms with Crippen LogP contribution in [0.2, 0.25) is 0 Å². The Morgan fingerprint density at radius 2 is 1.69 bits per heavy atom.